The van der Waals surface area contributed by atoms with E-state index in [9.17, 15) is 9.59 Å². The Hall–Kier alpha value is -0.940. The summed E-state index contributed by atoms with van der Waals surface area (Å²) < 4.78 is 5.40. The van der Waals surface area contributed by atoms with Crippen molar-refractivity contribution in [3.8, 4) is 0 Å². The van der Waals surface area contributed by atoms with Gasteiger partial charge in [-0.2, -0.15) is 0 Å². The van der Waals surface area contributed by atoms with Crippen molar-refractivity contribution in [1.82, 2.24) is 10.2 Å². The van der Waals surface area contributed by atoms with Gasteiger partial charge in [-0.3, -0.25) is 14.5 Å². The third kappa shape index (κ3) is 1.77. The van der Waals surface area contributed by atoms with E-state index in [0.29, 0.717) is 18.9 Å². The van der Waals surface area contributed by atoms with Crippen LogP contribution in [-0.2, 0) is 14.3 Å². The molecule has 1 N–H and O–H groups in total. The number of likely N-dealkylation sites (tertiary alicyclic amines) is 1. The van der Waals surface area contributed by atoms with Gasteiger partial charge in [0.1, 0.15) is 12.2 Å². The van der Waals surface area contributed by atoms with E-state index >= 15 is 0 Å². The number of carbonyl (C=O) groups excluding carboxylic acids is 2. The molecule has 3 aliphatic heterocycles. The molecule has 4 atom stereocenters. The number of nitrogens with zero attached hydrogens (tertiary/aromatic N) is 1. The Morgan fingerprint density at radius 2 is 1.76 bits per heavy atom. The Labute approximate surface area is 100 Å². The highest BCUT2D eigenvalue weighted by Gasteiger charge is 2.48. The predicted molar refractivity (Wildman–Crippen MR) is 60.2 cm³/mol. The lowest BCUT2D eigenvalue weighted by molar-refractivity contribution is -0.172. The summed E-state index contributed by atoms with van der Waals surface area (Å²) in [4.78, 5) is 25.7. The van der Waals surface area contributed by atoms with Gasteiger partial charge >= 0.3 is 0 Å². The molecule has 3 heterocycles. The topological polar surface area (TPSA) is 58.6 Å². The van der Waals surface area contributed by atoms with E-state index in [-0.39, 0.29) is 30.1 Å². The molecule has 0 aromatic rings. The normalized spacial score (nSPS) is 42.1. The molecule has 4 unspecified atom stereocenters. The molecule has 17 heavy (non-hydrogen) atoms. The first-order valence-corrected chi connectivity index (χ1v) is 6.42. The fourth-order valence-electron chi connectivity index (χ4n) is 2.98. The monoisotopic (exact) mass is 238 g/mol. The van der Waals surface area contributed by atoms with Crippen LogP contribution in [0.15, 0.2) is 0 Å². The molecule has 3 fully saturated rings. The first-order valence-electron chi connectivity index (χ1n) is 6.42. The van der Waals surface area contributed by atoms with Gasteiger partial charge in [0.15, 0.2) is 0 Å². The van der Waals surface area contributed by atoms with Crippen LogP contribution in [0.1, 0.15) is 32.6 Å². The summed E-state index contributed by atoms with van der Waals surface area (Å²) in [6.07, 6.45) is 2.59. The summed E-state index contributed by atoms with van der Waals surface area (Å²) in [6, 6.07) is 0.507. The summed E-state index contributed by atoms with van der Waals surface area (Å²) in [5, 5.41) is 3.33. The van der Waals surface area contributed by atoms with Gasteiger partial charge in [-0.05, 0) is 32.6 Å². The second-order valence-electron chi connectivity index (χ2n) is 5.28. The smallest absolute Gasteiger partial charge is 0.258 e. The van der Waals surface area contributed by atoms with Crippen LogP contribution in [-0.4, -0.2) is 47.6 Å². The maximum absolute atomic E-state index is 12.1. The Bertz CT molecular complexity index is 328. The summed E-state index contributed by atoms with van der Waals surface area (Å²) in [5.74, 6) is -0.241. The van der Waals surface area contributed by atoms with Crippen molar-refractivity contribution >= 4 is 11.8 Å². The van der Waals surface area contributed by atoms with Crippen molar-refractivity contribution < 1.29 is 14.3 Å². The highest BCUT2D eigenvalue weighted by molar-refractivity contribution is 6.02. The number of imide groups is 1. The molecular formula is C12H18N2O3. The highest BCUT2D eigenvalue weighted by Crippen LogP contribution is 2.30. The Morgan fingerprint density at radius 3 is 2.29 bits per heavy atom. The third-order valence-electron chi connectivity index (χ3n) is 4.05. The largest absolute Gasteiger partial charge is 0.355 e. The summed E-state index contributed by atoms with van der Waals surface area (Å²) in [7, 11) is 0. The zero-order chi connectivity index (χ0) is 12.0. The fraction of sp³-hybridized carbons (Fsp3) is 0.833. The first kappa shape index (κ1) is 11.2. The van der Waals surface area contributed by atoms with Crippen LogP contribution < -0.4 is 5.32 Å². The molecule has 94 valence electrons. The third-order valence-corrected chi connectivity index (χ3v) is 4.05. The lowest BCUT2D eigenvalue weighted by Gasteiger charge is -2.39. The van der Waals surface area contributed by atoms with Gasteiger partial charge in [-0.15, -0.1) is 0 Å². The van der Waals surface area contributed by atoms with Gasteiger partial charge in [0, 0.05) is 12.6 Å². The Balaban J connectivity index is 1.77. The number of ether oxygens (including phenoxy) is 1. The van der Waals surface area contributed by atoms with Crippen molar-refractivity contribution in [1.29, 1.82) is 0 Å². The Kier molecular flexibility index (Phi) is 2.67. The van der Waals surface area contributed by atoms with Crippen molar-refractivity contribution in [3.63, 3.8) is 0 Å². The minimum Gasteiger partial charge on any atom is -0.355 e. The van der Waals surface area contributed by atoms with Crippen LogP contribution >= 0.6 is 0 Å². The molecule has 2 bridgehead atoms. The molecule has 0 spiro atoms. The standard InChI is InChI=1S/C12H18N2O3/c1-7-2-3-8(6-13-7)14-11(15)9-4-5-10(17-9)12(14)16/h7-10,13H,2-6H2,1H3. The van der Waals surface area contributed by atoms with Gasteiger partial charge in [-0.25, -0.2) is 0 Å². The molecule has 0 radical (unpaired) electrons. The maximum atomic E-state index is 12.1. The van der Waals surface area contributed by atoms with E-state index in [2.05, 4.69) is 12.2 Å². The number of morpholine rings is 1. The number of nitrogens with one attached hydrogen (secondary N) is 1. The van der Waals surface area contributed by atoms with Crippen molar-refractivity contribution in [2.75, 3.05) is 6.54 Å². The second-order valence-corrected chi connectivity index (χ2v) is 5.28. The zero-order valence-electron chi connectivity index (χ0n) is 10.0. The van der Waals surface area contributed by atoms with Gasteiger partial charge in [0.2, 0.25) is 0 Å². The average Bonchev–Trinajstić information content (AvgIpc) is 2.76. The number of piperidine rings is 1. The summed E-state index contributed by atoms with van der Waals surface area (Å²) in [5.41, 5.74) is 0. The van der Waals surface area contributed by atoms with Crippen LogP contribution in [0.4, 0.5) is 0 Å². The van der Waals surface area contributed by atoms with Crippen LogP contribution in [0.2, 0.25) is 0 Å². The molecule has 3 aliphatic rings. The zero-order valence-corrected chi connectivity index (χ0v) is 10.0. The highest BCUT2D eigenvalue weighted by atomic mass is 16.5. The van der Waals surface area contributed by atoms with Crippen LogP contribution in [0, 0.1) is 0 Å². The molecule has 2 amide bonds. The molecule has 0 aromatic heterocycles. The van der Waals surface area contributed by atoms with Crippen LogP contribution in [0.5, 0.6) is 0 Å². The number of carbonyl (C=O) groups is 2. The number of rotatable bonds is 1. The van der Waals surface area contributed by atoms with E-state index < -0.39 is 0 Å². The number of hydrogen-bond donors (Lipinski definition) is 1. The lowest BCUT2D eigenvalue weighted by Crippen LogP contribution is -2.60. The Morgan fingerprint density at radius 1 is 1.12 bits per heavy atom. The molecular weight excluding hydrogens is 220 g/mol. The molecule has 5 nitrogen and oxygen atoms in total. The summed E-state index contributed by atoms with van der Waals surface area (Å²) in [6.45, 7) is 2.85. The fourth-order valence-corrected chi connectivity index (χ4v) is 2.98. The summed E-state index contributed by atoms with van der Waals surface area (Å²) >= 11 is 0. The van der Waals surface area contributed by atoms with E-state index in [4.69, 9.17) is 4.74 Å². The average molecular weight is 238 g/mol. The van der Waals surface area contributed by atoms with Gasteiger partial charge < -0.3 is 10.1 Å². The van der Waals surface area contributed by atoms with Crippen LogP contribution in [0.3, 0.4) is 0 Å². The molecule has 0 aliphatic carbocycles. The predicted octanol–water partition coefficient (Wildman–Crippen LogP) is 0.0433. The van der Waals surface area contributed by atoms with Crippen molar-refractivity contribution in [2.45, 2.75) is 56.9 Å². The van der Waals surface area contributed by atoms with Crippen molar-refractivity contribution in [2.24, 2.45) is 0 Å². The molecule has 0 saturated carbocycles. The number of fused-ring (bicyclic) bond motifs is 2. The van der Waals surface area contributed by atoms with E-state index in [1.54, 1.807) is 0 Å². The minimum atomic E-state index is -0.364. The quantitative estimate of drug-likeness (QED) is 0.655. The van der Waals surface area contributed by atoms with E-state index in [1.165, 1.54) is 4.90 Å². The SMILES string of the molecule is CC1CCC(N2C(=O)C3CCC(O3)C2=O)CN1. The van der Waals surface area contributed by atoms with Gasteiger partial charge in [0.05, 0.1) is 6.04 Å². The molecule has 5 heteroatoms. The molecule has 3 saturated heterocycles. The number of hydrogen-bond acceptors (Lipinski definition) is 4. The van der Waals surface area contributed by atoms with Gasteiger partial charge in [0.25, 0.3) is 11.8 Å². The second kappa shape index (κ2) is 4.07. The van der Waals surface area contributed by atoms with E-state index in [1.807, 2.05) is 0 Å². The lowest BCUT2D eigenvalue weighted by atomic mass is 9.99. The molecule has 3 rings (SSSR count). The maximum Gasteiger partial charge on any atom is 0.258 e. The molecule has 0 aromatic carbocycles. The van der Waals surface area contributed by atoms with E-state index in [0.717, 1.165) is 19.4 Å². The van der Waals surface area contributed by atoms with Gasteiger partial charge in [-0.1, -0.05) is 0 Å². The minimum absolute atomic E-state index is 0.0261. The number of amides is 2. The van der Waals surface area contributed by atoms with Crippen LogP contribution in [0.25, 0.3) is 0 Å². The first-order chi connectivity index (χ1) is 8.16. The van der Waals surface area contributed by atoms with Crippen molar-refractivity contribution in [3.05, 3.63) is 0 Å².